The van der Waals surface area contributed by atoms with E-state index in [0.717, 1.165) is 38.5 Å². The molecule has 2 aliphatic carbocycles. The van der Waals surface area contributed by atoms with Crippen molar-refractivity contribution < 1.29 is 23.7 Å². The summed E-state index contributed by atoms with van der Waals surface area (Å²) < 4.78 is 22.0. The minimum Gasteiger partial charge on any atom is -0.391 e. The molecule has 4 unspecified atom stereocenters. The monoisotopic (exact) mass is 254 g/mol. The smallest absolute Gasteiger partial charge is 0.391 e. The Kier molecular flexibility index (Phi) is 2.36. The van der Waals surface area contributed by atoms with Gasteiger partial charge >= 0.3 is 6.16 Å². The van der Waals surface area contributed by atoms with E-state index in [2.05, 4.69) is 0 Å². The van der Waals surface area contributed by atoms with Crippen molar-refractivity contribution in [2.75, 3.05) is 0 Å². The zero-order valence-electron chi connectivity index (χ0n) is 10.3. The summed E-state index contributed by atoms with van der Waals surface area (Å²) >= 11 is 0. The third-order valence-electron chi connectivity index (χ3n) is 4.50. The Bertz CT molecular complexity index is 360. The van der Waals surface area contributed by atoms with Crippen LogP contribution in [0.1, 0.15) is 44.9 Å². The summed E-state index contributed by atoms with van der Waals surface area (Å²) in [6, 6.07) is 0. The maximum Gasteiger partial charge on any atom is 0.514 e. The van der Waals surface area contributed by atoms with Crippen molar-refractivity contribution in [3.8, 4) is 0 Å². The first-order valence-electron chi connectivity index (χ1n) is 6.95. The van der Waals surface area contributed by atoms with E-state index in [0.29, 0.717) is 24.7 Å². The van der Waals surface area contributed by atoms with Crippen LogP contribution in [0.15, 0.2) is 0 Å². The first-order valence-corrected chi connectivity index (χ1v) is 6.95. The fourth-order valence-electron chi connectivity index (χ4n) is 3.53. The number of fused-ring (bicyclic) bond motifs is 1. The molecule has 5 heteroatoms. The van der Waals surface area contributed by atoms with E-state index in [1.54, 1.807) is 0 Å². The normalized spacial score (nSPS) is 44.6. The molecule has 4 rings (SSSR count). The SMILES string of the molecule is O=C1OC2(CCCC(OC3CCC4OC4C3)C2)O1. The largest absolute Gasteiger partial charge is 0.514 e. The Morgan fingerprint density at radius 1 is 1.11 bits per heavy atom. The molecule has 0 radical (unpaired) electrons. The molecule has 5 nitrogen and oxygen atoms in total. The van der Waals surface area contributed by atoms with Crippen LogP contribution in [-0.4, -0.2) is 36.4 Å². The molecule has 2 aliphatic heterocycles. The van der Waals surface area contributed by atoms with Crippen molar-refractivity contribution in [3.05, 3.63) is 0 Å². The summed E-state index contributed by atoms with van der Waals surface area (Å²) in [5, 5.41) is 0. The lowest BCUT2D eigenvalue weighted by Gasteiger charge is -2.45. The third-order valence-corrected chi connectivity index (χ3v) is 4.50. The van der Waals surface area contributed by atoms with Crippen molar-refractivity contribution >= 4 is 6.16 Å². The summed E-state index contributed by atoms with van der Waals surface area (Å²) in [6.07, 6.45) is 7.64. The van der Waals surface area contributed by atoms with E-state index in [1.807, 2.05) is 0 Å². The van der Waals surface area contributed by atoms with Crippen LogP contribution in [0.25, 0.3) is 0 Å². The van der Waals surface area contributed by atoms with Gasteiger partial charge in [0.2, 0.25) is 0 Å². The van der Waals surface area contributed by atoms with Crippen LogP contribution in [-0.2, 0) is 18.9 Å². The molecule has 4 fully saturated rings. The molecule has 18 heavy (non-hydrogen) atoms. The summed E-state index contributed by atoms with van der Waals surface area (Å²) in [4.78, 5) is 10.8. The number of ether oxygens (including phenoxy) is 4. The van der Waals surface area contributed by atoms with Gasteiger partial charge in [0, 0.05) is 12.8 Å². The molecule has 0 N–H and O–H groups in total. The highest BCUT2D eigenvalue weighted by Gasteiger charge is 2.52. The van der Waals surface area contributed by atoms with Crippen LogP contribution >= 0.6 is 0 Å². The van der Waals surface area contributed by atoms with Gasteiger partial charge in [-0.05, 0) is 25.7 Å². The van der Waals surface area contributed by atoms with Gasteiger partial charge in [0.05, 0.1) is 30.8 Å². The molecule has 0 amide bonds. The molecular formula is C13H18O5. The second kappa shape index (κ2) is 3.84. The van der Waals surface area contributed by atoms with Gasteiger partial charge in [0.25, 0.3) is 5.79 Å². The molecular weight excluding hydrogens is 236 g/mol. The Balaban J connectivity index is 1.32. The zero-order chi connectivity index (χ0) is 12.2. The summed E-state index contributed by atoms with van der Waals surface area (Å²) in [7, 11) is 0. The Hall–Kier alpha value is -0.810. The number of hydrogen-bond acceptors (Lipinski definition) is 5. The molecule has 0 aromatic carbocycles. The van der Waals surface area contributed by atoms with Crippen LogP contribution in [0.4, 0.5) is 4.79 Å². The van der Waals surface area contributed by atoms with Gasteiger partial charge in [-0.2, -0.15) is 0 Å². The minimum atomic E-state index is -0.659. The van der Waals surface area contributed by atoms with E-state index in [4.69, 9.17) is 18.9 Å². The number of rotatable bonds is 2. The highest BCUT2D eigenvalue weighted by Crippen LogP contribution is 2.43. The van der Waals surface area contributed by atoms with Crippen LogP contribution in [0.3, 0.4) is 0 Å². The van der Waals surface area contributed by atoms with Crippen LogP contribution in [0.5, 0.6) is 0 Å². The van der Waals surface area contributed by atoms with E-state index in [1.165, 1.54) is 0 Å². The molecule has 2 saturated carbocycles. The predicted molar refractivity (Wildman–Crippen MR) is 59.9 cm³/mol. The van der Waals surface area contributed by atoms with Crippen molar-refractivity contribution in [1.29, 1.82) is 0 Å². The van der Waals surface area contributed by atoms with Gasteiger partial charge in [-0.3, -0.25) is 0 Å². The van der Waals surface area contributed by atoms with E-state index >= 15 is 0 Å². The van der Waals surface area contributed by atoms with Crippen molar-refractivity contribution in [3.63, 3.8) is 0 Å². The molecule has 1 spiro atoms. The average molecular weight is 254 g/mol. The topological polar surface area (TPSA) is 57.3 Å². The van der Waals surface area contributed by atoms with Crippen molar-refractivity contribution in [2.45, 2.75) is 75.1 Å². The van der Waals surface area contributed by atoms with E-state index in [9.17, 15) is 4.79 Å². The fraction of sp³-hybridized carbons (Fsp3) is 0.923. The van der Waals surface area contributed by atoms with Crippen molar-refractivity contribution in [1.82, 2.24) is 0 Å². The molecule has 2 saturated heterocycles. The molecule has 4 aliphatic rings. The van der Waals surface area contributed by atoms with Crippen molar-refractivity contribution in [2.24, 2.45) is 0 Å². The number of carbonyl (C=O) groups is 1. The number of hydrogen-bond donors (Lipinski definition) is 0. The predicted octanol–water partition coefficient (Wildman–Crippen LogP) is 2.13. The Labute approximate surface area is 106 Å². The lowest BCUT2D eigenvalue weighted by atomic mass is 9.90. The van der Waals surface area contributed by atoms with Gasteiger partial charge in [-0.25, -0.2) is 4.79 Å². The molecule has 4 atom stereocenters. The number of epoxide rings is 1. The molecule has 0 aromatic heterocycles. The quantitative estimate of drug-likeness (QED) is 0.558. The average Bonchev–Trinajstić information content (AvgIpc) is 3.06. The van der Waals surface area contributed by atoms with E-state index in [-0.39, 0.29) is 6.10 Å². The number of carbonyl (C=O) groups excluding carboxylic acids is 1. The summed E-state index contributed by atoms with van der Waals surface area (Å²) in [6.45, 7) is 0. The van der Waals surface area contributed by atoms with Gasteiger partial charge in [0.15, 0.2) is 0 Å². The van der Waals surface area contributed by atoms with Crippen LogP contribution in [0.2, 0.25) is 0 Å². The third kappa shape index (κ3) is 1.89. The summed E-state index contributed by atoms with van der Waals surface area (Å²) in [5.74, 6) is -0.659. The van der Waals surface area contributed by atoms with E-state index < -0.39 is 11.9 Å². The Morgan fingerprint density at radius 2 is 2.00 bits per heavy atom. The van der Waals surface area contributed by atoms with Gasteiger partial charge in [-0.15, -0.1) is 0 Å². The Morgan fingerprint density at radius 3 is 2.78 bits per heavy atom. The standard InChI is InChI=1S/C13H18O5/c14-12-17-13(18-12)5-1-2-9(7-13)15-8-3-4-10-11(6-8)16-10/h8-11H,1-7H2. The van der Waals surface area contributed by atoms with Gasteiger partial charge in [0.1, 0.15) is 0 Å². The van der Waals surface area contributed by atoms with Crippen LogP contribution in [0, 0.1) is 0 Å². The van der Waals surface area contributed by atoms with Gasteiger partial charge < -0.3 is 18.9 Å². The molecule has 100 valence electrons. The fourth-order valence-corrected chi connectivity index (χ4v) is 3.53. The highest BCUT2D eigenvalue weighted by atomic mass is 16.9. The minimum absolute atomic E-state index is 0.159. The second-order valence-electron chi connectivity index (χ2n) is 5.87. The lowest BCUT2D eigenvalue weighted by Crippen LogP contribution is -2.54. The maximum absolute atomic E-state index is 10.8. The maximum atomic E-state index is 10.8. The first kappa shape index (κ1) is 11.1. The van der Waals surface area contributed by atoms with Crippen LogP contribution < -0.4 is 0 Å². The second-order valence-corrected chi connectivity index (χ2v) is 5.87. The highest BCUT2D eigenvalue weighted by molar-refractivity contribution is 5.65. The molecule has 0 aromatic rings. The van der Waals surface area contributed by atoms with Gasteiger partial charge in [-0.1, -0.05) is 0 Å². The molecule has 0 bridgehead atoms. The lowest BCUT2D eigenvalue weighted by molar-refractivity contribution is -0.298. The zero-order valence-corrected chi connectivity index (χ0v) is 10.3. The molecule has 2 heterocycles. The summed E-state index contributed by atoms with van der Waals surface area (Å²) in [5.41, 5.74) is 0. The first-order chi connectivity index (χ1) is 8.72.